The van der Waals surface area contributed by atoms with Crippen molar-refractivity contribution in [2.45, 2.75) is 63.8 Å². The molecule has 1 atom stereocenters. The number of carbonyl (C=O) groups excluding carboxylic acids is 1. The Hall–Kier alpha value is -1.95. The van der Waals surface area contributed by atoms with E-state index in [-0.39, 0.29) is 0 Å². The van der Waals surface area contributed by atoms with Gasteiger partial charge in [0, 0.05) is 43.6 Å². The third-order valence-electron chi connectivity index (χ3n) is 6.71. The van der Waals surface area contributed by atoms with Gasteiger partial charge in [-0.15, -0.1) is 0 Å². The van der Waals surface area contributed by atoms with E-state index >= 15 is 0 Å². The molecule has 29 heavy (non-hydrogen) atoms. The molecule has 0 N–H and O–H groups in total. The van der Waals surface area contributed by atoms with E-state index in [1.165, 1.54) is 32.1 Å². The Labute approximate surface area is 174 Å². The molecule has 3 heterocycles. The van der Waals surface area contributed by atoms with Gasteiger partial charge in [0.15, 0.2) is 5.65 Å². The van der Waals surface area contributed by atoms with E-state index in [1.807, 2.05) is 16.9 Å². The highest BCUT2D eigenvalue weighted by Gasteiger charge is 2.31. The largest absolute Gasteiger partial charge is 0.342 e. The van der Waals surface area contributed by atoms with Crippen LogP contribution in [0, 0.1) is 5.92 Å². The molecule has 1 saturated heterocycles. The zero-order valence-electron chi connectivity index (χ0n) is 18.0. The van der Waals surface area contributed by atoms with Crippen molar-refractivity contribution in [2.75, 3.05) is 33.7 Å². The summed E-state index contributed by atoms with van der Waals surface area (Å²) in [5, 5.41) is 6.09. The Bertz CT molecular complexity index is 824. The van der Waals surface area contributed by atoms with Crippen molar-refractivity contribution >= 4 is 16.9 Å². The average molecular weight is 398 g/mol. The van der Waals surface area contributed by atoms with Crippen LogP contribution < -0.4 is 0 Å². The molecule has 2 fully saturated rings. The fourth-order valence-electron chi connectivity index (χ4n) is 4.96. The lowest BCUT2D eigenvalue weighted by atomic mass is 9.86. The molecule has 0 aromatic carbocycles. The second kappa shape index (κ2) is 9.24. The van der Waals surface area contributed by atoms with Crippen molar-refractivity contribution in [2.24, 2.45) is 5.92 Å². The molecule has 1 unspecified atom stereocenters. The Kier molecular flexibility index (Phi) is 6.48. The summed E-state index contributed by atoms with van der Waals surface area (Å²) in [5.74, 6) is 1.43. The van der Waals surface area contributed by atoms with Gasteiger partial charge in [-0.25, -0.2) is 9.67 Å². The fourth-order valence-corrected chi connectivity index (χ4v) is 4.96. The van der Waals surface area contributed by atoms with Gasteiger partial charge in [0.25, 0.3) is 0 Å². The van der Waals surface area contributed by atoms with Crippen LogP contribution in [-0.2, 0) is 11.3 Å². The monoisotopic (exact) mass is 397 g/mol. The Morgan fingerprint density at radius 3 is 2.83 bits per heavy atom. The maximum Gasteiger partial charge on any atom is 0.222 e. The van der Waals surface area contributed by atoms with Gasteiger partial charge in [-0.1, -0.05) is 32.1 Å². The molecule has 6 heteroatoms. The number of amides is 1. The van der Waals surface area contributed by atoms with Crippen LogP contribution in [0.1, 0.15) is 63.0 Å². The van der Waals surface area contributed by atoms with Gasteiger partial charge in [-0.3, -0.25) is 4.79 Å². The molecule has 1 saturated carbocycles. The lowest BCUT2D eigenvalue weighted by Crippen LogP contribution is -2.29. The maximum absolute atomic E-state index is 12.8. The Morgan fingerprint density at radius 1 is 1.21 bits per heavy atom. The van der Waals surface area contributed by atoms with Crippen LogP contribution in [0.25, 0.3) is 11.0 Å². The molecule has 1 amide bonds. The minimum atomic E-state index is 0.320. The highest BCUT2D eigenvalue weighted by atomic mass is 16.2. The molecule has 2 aromatic rings. The molecule has 2 aliphatic rings. The molecule has 2 aromatic heterocycles. The van der Waals surface area contributed by atoms with Crippen molar-refractivity contribution in [1.29, 1.82) is 0 Å². The third-order valence-corrected chi connectivity index (χ3v) is 6.71. The quantitative estimate of drug-likeness (QED) is 0.715. The van der Waals surface area contributed by atoms with Gasteiger partial charge in [0.2, 0.25) is 5.91 Å². The summed E-state index contributed by atoms with van der Waals surface area (Å²) in [5.41, 5.74) is 2.08. The van der Waals surface area contributed by atoms with Crippen LogP contribution >= 0.6 is 0 Å². The highest BCUT2D eigenvalue weighted by molar-refractivity contribution is 5.80. The number of nitrogens with zero attached hydrogens (tertiary/aromatic N) is 5. The molecule has 0 bridgehead atoms. The standard InChI is InChI=1S/C23H35N5O/c1-26(2)15-16-28-23-20(9-6-13-24-23)22(25-28)19-12-14-27(17-19)21(29)11-10-18-7-4-3-5-8-18/h6,9,13,18-19H,3-5,7-8,10-12,14-17H2,1-2H3. The number of hydrogen-bond acceptors (Lipinski definition) is 4. The van der Waals surface area contributed by atoms with E-state index in [2.05, 4.69) is 34.9 Å². The van der Waals surface area contributed by atoms with E-state index in [1.54, 1.807) is 0 Å². The molecular formula is C23H35N5O. The topological polar surface area (TPSA) is 54.3 Å². The van der Waals surface area contributed by atoms with Crippen molar-refractivity contribution in [3.05, 3.63) is 24.0 Å². The molecule has 0 spiro atoms. The molecule has 158 valence electrons. The fraction of sp³-hybridized carbons (Fsp3) is 0.696. The van der Waals surface area contributed by atoms with Crippen molar-refractivity contribution in [3.8, 4) is 0 Å². The lowest BCUT2D eigenvalue weighted by molar-refractivity contribution is -0.130. The summed E-state index contributed by atoms with van der Waals surface area (Å²) in [6.45, 7) is 3.43. The number of aromatic nitrogens is 3. The number of rotatable bonds is 7. The van der Waals surface area contributed by atoms with Crippen LogP contribution in [0.4, 0.5) is 0 Å². The molecular weight excluding hydrogens is 362 g/mol. The average Bonchev–Trinajstić information content (AvgIpc) is 3.36. The SMILES string of the molecule is CN(C)CCn1nc(C2CCN(C(=O)CCC3CCCCC3)C2)c2cccnc21. The first-order valence-electron chi connectivity index (χ1n) is 11.4. The summed E-state index contributed by atoms with van der Waals surface area (Å²) in [7, 11) is 4.15. The number of fused-ring (bicyclic) bond motifs is 1. The first-order chi connectivity index (χ1) is 14.1. The minimum absolute atomic E-state index is 0.320. The second-order valence-corrected chi connectivity index (χ2v) is 9.15. The van der Waals surface area contributed by atoms with Gasteiger partial charge >= 0.3 is 0 Å². The number of carbonyl (C=O) groups is 1. The summed E-state index contributed by atoms with van der Waals surface area (Å²) in [6, 6.07) is 4.12. The number of likely N-dealkylation sites (tertiary alicyclic amines) is 1. The molecule has 0 radical (unpaired) electrons. The van der Waals surface area contributed by atoms with Gasteiger partial charge < -0.3 is 9.80 Å². The van der Waals surface area contributed by atoms with Gasteiger partial charge in [0.1, 0.15) is 0 Å². The van der Waals surface area contributed by atoms with E-state index in [9.17, 15) is 4.79 Å². The Balaban J connectivity index is 1.40. The van der Waals surface area contributed by atoms with Crippen LogP contribution in [0.3, 0.4) is 0 Å². The number of hydrogen-bond donors (Lipinski definition) is 0. The molecule has 1 aliphatic carbocycles. The summed E-state index contributed by atoms with van der Waals surface area (Å²) in [4.78, 5) is 21.6. The lowest BCUT2D eigenvalue weighted by Gasteiger charge is -2.22. The Morgan fingerprint density at radius 2 is 2.03 bits per heavy atom. The van der Waals surface area contributed by atoms with Gasteiger partial charge in [-0.05, 0) is 45.0 Å². The van der Waals surface area contributed by atoms with E-state index in [0.29, 0.717) is 11.8 Å². The highest BCUT2D eigenvalue weighted by Crippen LogP contribution is 2.32. The predicted octanol–water partition coefficient (Wildman–Crippen LogP) is 3.67. The molecule has 4 rings (SSSR count). The smallest absolute Gasteiger partial charge is 0.222 e. The zero-order chi connectivity index (χ0) is 20.2. The van der Waals surface area contributed by atoms with Crippen LogP contribution in [-0.4, -0.2) is 64.2 Å². The maximum atomic E-state index is 12.8. The normalized spacial score (nSPS) is 20.8. The van der Waals surface area contributed by atoms with E-state index in [0.717, 1.165) is 68.1 Å². The second-order valence-electron chi connectivity index (χ2n) is 9.15. The predicted molar refractivity (Wildman–Crippen MR) is 116 cm³/mol. The van der Waals surface area contributed by atoms with Crippen molar-refractivity contribution in [1.82, 2.24) is 24.6 Å². The minimum Gasteiger partial charge on any atom is -0.342 e. The number of pyridine rings is 1. The van der Waals surface area contributed by atoms with Gasteiger partial charge in [0.05, 0.1) is 12.2 Å². The first kappa shape index (κ1) is 20.3. The summed E-state index contributed by atoms with van der Waals surface area (Å²) >= 11 is 0. The van der Waals surface area contributed by atoms with Crippen molar-refractivity contribution in [3.63, 3.8) is 0 Å². The van der Waals surface area contributed by atoms with Crippen LogP contribution in [0.15, 0.2) is 18.3 Å². The van der Waals surface area contributed by atoms with E-state index in [4.69, 9.17) is 5.10 Å². The van der Waals surface area contributed by atoms with Crippen LogP contribution in [0.5, 0.6) is 0 Å². The first-order valence-corrected chi connectivity index (χ1v) is 11.4. The van der Waals surface area contributed by atoms with Crippen LogP contribution in [0.2, 0.25) is 0 Å². The zero-order valence-corrected chi connectivity index (χ0v) is 18.0. The molecule has 6 nitrogen and oxygen atoms in total. The molecule has 1 aliphatic heterocycles. The third kappa shape index (κ3) is 4.80. The number of likely N-dealkylation sites (N-methyl/N-ethyl adjacent to an activating group) is 1. The summed E-state index contributed by atoms with van der Waals surface area (Å²) < 4.78 is 2.04. The summed E-state index contributed by atoms with van der Waals surface area (Å²) in [6.07, 6.45) is 11.4. The van der Waals surface area contributed by atoms with Crippen molar-refractivity contribution < 1.29 is 4.79 Å². The van der Waals surface area contributed by atoms with Gasteiger partial charge in [-0.2, -0.15) is 5.10 Å². The van der Waals surface area contributed by atoms with E-state index < -0.39 is 0 Å².